The van der Waals surface area contributed by atoms with Crippen molar-refractivity contribution >= 4 is 33.2 Å². The molecule has 1 fully saturated rings. The third kappa shape index (κ3) is 4.96. The molecule has 2 aromatic rings. The average Bonchev–Trinajstić information content (AvgIpc) is 2.68. The van der Waals surface area contributed by atoms with Crippen LogP contribution in [-0.2, 0) is 14.8 Å². The Bertz CT molecular complexity index is 877. The lowest BCUT2D eigenvalue weighted by molar-refractivity contribution is 0.0577. The standard InChI is InChI=1S/C20H28N2O4S.ClH/c1-3-26-18-8-9-19(17-7-5-4-6-16(17)18)27(23,24)22-14-20(15-25-2)10-12-21-13-11-20;/h4-9,21-22H,3,10-15H2,1-2H3;1H. The highest BCUT2D eigenvalue weighted by molar-refractivity contribution is 7.89. The number of halogens is 1. The number of ether oxygens (including phenoxy) is 2. The van der Waals surface area contributed by atoms with Crippen LogP contribution in [0.4, 0.5) is 0 Å². The van der Waals surface area contributed by atoms with E-state index >= 15 is 0 Å². The van der Waals surface area contributed by atoms with Crippen LogP contribution in [0.2, 0.25) is 0 Å². The third-order valence-electron chi connectivity index (χ3n) is 5.19. The summed E-state index contributed by atoms with van der Waals surface area (Å²) in [5, 5.41) is 4.79. The van der Waals surface area contributed by atoms with Crippen LogP contribution in [0, 0.1) is 5.41 Å². The van der Waals surface area contributed by atoms with E-state index in [9.17, 15) is 8.42 Å². The zero-order chi connectivity index (χ0) is 19.3. The molecule has 0 radical (unpaired) electrons. The number of fused-ring (bicyclic) bond motifs is 1. The molecule has 156 valence electrons. The number of benzene rings is 2. The fourth-order valence-electron chi connectivity index (χ4n) is 3.72. The molecular weight excluding hydrogens is 400 g/mol. The number of methoxy groups -OCH3 is 1. The quantitative estimate of drug-likeness (QED) is 0.676. The van der Waals surface area contributed by atoms with Crippen LogP contribution in [-0.4, -0.2) is 48.4 Å². The lowest BCUT2D eigenvalue weighted by Crippen LogP contribution is -2.47. The van der Waals surface area contributed by atoms with E-state index in [0.29, 0.717) is 30.9 Å². The summed E-state index contributed by atoms with van der Waals surface area (Å²) in [6.45, 7) is 5.10. The minimum absolute atomic E-state index is 0. The Hall–Kier alpha value is -1.38. The monoisotopic (exact) mass is 428 g/mol. The summed E-state index contributed by atoms with van der Waals surface area (Å²) < 4.78 is 40.1. The molecule has 8 heteroatoms. The van der Waals surface area contributed by atoms with E-state index in [2.05, 4.69) is 10.0 Å². The van der Waals surface area contributed by atoms with Gasteiger partial charge in [0.25, 0.3) is 0 Å². The molecule has 2 aromatic carbocycles. The Balaban J connectivity index is 0.00000280. The van der Waals surface area contributed by atoms with Gasteiger partial charge in [-0.15, -0.1) is 12.4 Å². The van der Waals surface area contributed by atoms with E-state index in [1.165, 1.54) is 0 Å². The number of hydrogen-bond donors (Lipinski definition) is 2. The van der Waals surface area contributed by atoms with Crippen molar-refractivity contribution in [2.45, 2.75) is 24.7 Å². The maximum absolute atomic E-state index is 13.1. The summed E-state index contributed by atoms with van der Waals surface area (Å²) in [6.07, 6.45) is 1.76. The molecule has 1 aliphatic rings. The molecule has 28 heavy (non-hydrogen) atoms. The van der Waals surface area contributed by atoms with Gasteiger partial charge < -0.3 is 14.8 Å². The predicted molar refractivity (Wildman–Crippen MR) is 114 cm³/mol. The van der Waals surface area contributed by atoms with Crippen LogP contribution in [0.3, 0.4) is 0 Å². The molecule has 3 rings (SSSR count). The van der Waals surface area contributed by atoms with Gasteiger partial charge in [0, 0.05) is 29.8 Å². The lowest BCUT2D eigenvalue weighted by Gasteiger charge is -2.37. The molecule has 0 saturated carbocycles. The van der Waals surface area contributed by atoms with Crippen molar-refractivity contribution in [3.05, 3.63) is 36.4 Å². The predicted octanol–water partition coefficient (Wildman–Crippen LogP) is 2.95. The van der Waals surface area contributed by atoms with Gasteiger partial charge in [0.15, 0.2) is 0 Å². The normalized spacial score (nSPS) is 16.5. The molecule has 0 aromatic heterocycles. The van der Waals surface area contributed by atoms with Gasteiger partial charge in [0.1, 0.15) is 5.75 Å². The zero-order valence-corrected chi connectivity index (χ0v) is 18.0. The van der Waals surface area contributed by atoms with Gasteiger partial charge in [-0.25, -0.2) is 13.1 Å². The third-order valence-corrected chi connectivity index (χ3v) is 6.64. The summed E-state index contributed by atoms with van der Waals surface area (Å²) in [5.41, 5.74) is -0.172. The van der Waals surface area contributed by atoms with Crippen LogP contribution < -0.4 is 14.8 Å². The van der Waals surface area contributed by atoms with Gasteiger partial charge in [-0.2, -0.15) is 0 Å². The highest BCUT2D eigenvalue weighted by atomic mass is 35.5. The van der Waals surface area contributed by atoms with Crippen molar-refractivity contribution in [1.82, 2.24) is 10.0 Å². The minimum atomic E-state index is -3.66. The molecule has 0 atom stereocenters. The molecule has 0 aliphatic carbocycles. The Morgan fingerprint density at radius 2 is 1.79 bits per heavy atom. The van der Waals surface area contributed by atoms with Crippen LogP contribution in [0.5, 0.6) is 5.75 Å². The van der Waals surface area contributed by atoms with Crippen LogP contribution in [0.15, 0.2) is 41.3 Å². The molecule has 0 spiro atoms. The number of rotatable bonds is 8. The maximum Gasteiger partial charge on any atom is 0.241 e. The first-order chi connectivity index (χ1) is 13.0. The summed E-state index contributed by atoms with van der Waals surface area (Å²) in [7, 11) is -1.99. The lowest BCUT2D eigenvalue weighted by atomic mass is 9.80. The molecule has 1 aliphatic heterocycles. The van der Waals surface area contributed by atoms with Gasteiger partial charge in [0.05, 0.1) is 18.1 Å². The first kappa shape index (κ1) is 22.9. The summed E-state index contributed by atoms with van der Waals surface area (Å²) in [4.78, 5) is 0.281. The van der Waals surface area contributed by atoms with E-state index in [1.807, 2.05) is 31.2 Å². The van der Waals surface area contributed by atoms with Crippen molar-refractivity contribution in [3.8, 4) is 5.75 Å². The number of hydrogen-bond acceptors (Lipinski definition) is 5. The van der Waals surface area contributed by atoms with E-state index in [0.717, 1.165) is 31.3 Å². The van der Waals surface area contributed by atoms with E-state index in [4.69, 9.17) is 9.47 Å². The SMILES string of the molecule is CCOc1ccc(S(=O)(=O)NCC2(COC)CCNCC2)c2ccccc12.Cl. The van der Waals surface area contributed by atoms with Gasteiger partial charge >= 0.3 is 0 Å². The smallest absolute Gasteiger partial charge is 0.241 e. The number of piperidine rings is 1. The zero-order valence-electron chi connectivity index (χ0n) is 16.4. The highest BCUT2D eigenvalue weighted by Crippen LogP contribution is 2.32. The first-order valence-electron chi connectivity index (χ1n) is 9.35. The molecule has 0 unspecified atom stereocenters. The first-order valence-corrected chi connectivity index (χ1v) is 10.8. The van der Waals surface area contributed by atoms with Crippen LogP contribution >= 0.6 is 12.4 Å². The molecule has 0 amide bonds. The average molecular weight is 429 g/mol. The summed E-state index contributed by atoms with van der Waals surface area (Å²) >= 11 is 0. The summed E-state index contributed by atoms with van der Waals surface area (Å²) in [6, 6.07) is 10.8. The van der Waals surface area contributed by atoms with Crippen LogP contribution in [0.25, 0.3) is 10.8 Å². The largest absolute Gasteiger partial charge is 0.493 e. The molecule has 6 nitrogen and oxygen atoms in total. The van der Waals surface area contributed by atoms with Crippen molar-refractivity contribution in [1.29, 1.82) is 0 Å². The van der Waals surface area contributed by atoms with Gasteiger partial charge in [-0.05, 0) is 45.0 Å². The Kier molecular flexibility index (Phi) is 8.09. The van der Waals surface area contributed by atoms with Gasteiger partial charge in [0.2, 0.25) is 10.0 Å². The van der Waals surface area contributed by atoms with Crippen molar-refractivity contribution in [2.75, 3.05) is 40.0 Å². The highest BCUT2D eigenvalue weighted by Gasteiger charge is 2.34. The second-order valence-corrected chi connectivity index (χ2v) is 8.78. The molecule has 2 N–H and O–H groups in total. The molecular formula is C20H29ClN2O4S. The molecule has 1 heterocycles. The Morgan fingerprint density at radius 1 is 1.11 bits per heavy atom. The second-order valence-electron chi connectivity index (χ2n) is 7.05. The fraction of sp³-hybridized carbons (Fsp3) is 0.500. The number of sulfonamides is 1. The van der Waals surface area contributed by atoms with Crippen molar-refractivity contribution in [3.63, 3.8) is 0 Å². The summed E-state index contributed by atoms with van der Waals surface area (Å²) in [5.74, 6) is 0.696. The van der Waals surface area contributed by atoms with Crippen LogP contribution in [0.1, 0.15) is 19.8 Å². The fourth-order valence-corrected chi connectivity index (χ4v) is 5.09. The Labute approximate surface area is 173 Å². The maximum atomic E-state index is 13.1. The second kappa shape index (κ2) is 9.89. The topological polar surface area (TPSA) is 76.7 Å². The van der Waals surface area contributed by atoms with Crippen molar-refractivity contribution in [2.24, 2.45) is 5.41 Å². The molecule has 0 bridgehead atoms. The van der Waals surface area contributed by atoms with Gasteiger partial charge in [-0.3, -0.25) is 0 Å². The minimum Gasteiger partial charge on any atom is -0.493 e. The van der Waals surface area contributed by atoms with Crippen molar-refractivity contribution < 1.29 is 17.9 Å². The van der Waals surface area contributed by atoms with Gasteiger partial charge in [-0.1, -0.05) is 24.3 Å². The van der Waals surface area contributed by atoms with E-state index in [1.54, 1.807) is 19.2 Å². The van der Waals surface area contributed by atoms with E-state index in [-0.39, 0.29) is 22.7 Å². The Morgan fingerprint density at radius 3 is 2.43 bits per heavy atom. The number of nitrogens with one attached hydrogen (secondary N) is 2. The van der Waals surface area contributed by atoms with E-state index < -0.39 is 10.0 Å². The molecule has 1 saturated heterocycles.